The largest absolute Gasteiger partial charge is 0.369 e. The fourth-order valence-corrected chi connectivity index (χ4v) is 4.79. The van der Waals surface area contributed by atoms with Crippen LogP contribution in [-0.4, -0.2) is 34.9 Å². The fourth-order valence-electron chi connectivity index (χ4n) is 3.93. The number of carbonyl (C=O) groups is 1. The zero-order chi connectivity index (χ0) is 19.0. The Morgan fingerprint density at radius 1 is 1.33 bits per heavy atom. The highest BCUT2D eigenvalue weighted by Crippen LogP contribution is 2.27. The molecule has 0 aliphatic carbocycles. The van der Waals surface area contributed by atoms with Gasteiger partial charge in [0.05, 0.1) is 10.2 Å². The number of Topliss-reactive ketones (excluding diaryl/α,β-unsaturated/α-hetero) is 1. The van der Waals surface area contributed by atoms with E-state index in [0.717, 1.165) is 41.0 Å². The Hall–Kier alpha value is -2.31. The lowest BCUT2D eigenvalue weighted by atomic mass is 9.95. The number of hydrogen-bond donors (Lipinski definition) is 1. The van der Waals surface area contributed by atoms with Crippen molar-refractivity contribution < 1.29 is 4.79 Å². The van der Waals surface area contributed by atoms with Crippen LogP contribution in [0.5, 0.6) is 0 Å². The normalized spacial score (nSPS) is 20.2. The molecular formula is C21H24N4OS. The summed E-state index contributed by atoms with van der Waals surface area (Å²) in [6, 6.07) is 8.00. The number of nitrogens with two attached hydrogens (primary N) is 1. The van der Waals surface area contributed by atoms with E-state index in [9.17, 15) is 4.79 Å². The number of hydrogen-bond acceptors (Lipinski definition) is 6. The van der Waals surface area contributed by atoms with E-state index in [0.29, 0.717) is 18.0 Å². The molecule has 2 atom stereocenters. The molecule has 140 valence electrons. The van der Waals surface area contributed by atoms with E-state index in [1.54, 1.807) is 23.7 Å². The molecule has 0 aromatic carbocycles. The molecule has 0 spiro atoms. The minimum Gasteiger partial charge on any atom is -0.369 e. The first-order chi connectivity index (χ1) is 13.0. The second-order valence-electron chi connectivity index (χ2n) is 7.55. The minimum absolute atomic E-state index is 0.0179. The number of thiophene rings is 1. The van der Waals surface area contributed by atoms with Crippen LogP contribution in [0.1, 0.15) is 34.3 Å². The number of ketones is 1. The third kappa shape index (κ3) is 3.87. The summed E-state index contributed by atoms with van der Waals surface area (Å²) in [4.78, 5) is 25.2. The monoisotopic (exact) mass is 380 g/mol. The summed E-state index contributed by atoms with van der Waals surface area (Å²) >= 11 is 1.70. The lowest BCUT2D eigenvalue weighted by molar-refractivity contribution is 0.0988. The second-order valence-corrected chi connectivity index (χ2v) is 8.84. The fraction of sp³-hybridized carbons (Fsp3) is 0.381. The molecule has 27 heavy (non-hydrogen) atoms. The highest BCUT2D eigenvalue weighted by Gasteiger charge is 2.24. The van der Waals surface area contributed by atoms with Gasteiger partial charge in [0, 0.05) is 54.1 Å². The smallest absolute Gasteiger partial charge is 0.185 e. The van der Waals surface area contributed by atoms with Gasteiger partial charge in [0.15, 0.2) is 5.78 Å². The Bertz CT molecular complexity index is 973. The Kier molecular flexibility index (Phi) is 4.93. The van der Waals surface area contributed by atoms with E-state index in [2.05, 4.69) is 28.7 Å². The van der Waals surface area contributed by atoms with Crippen molar-refractivity contribution in [2.45, 2.75) is 32.7 Å². The van der Waals surface area contributed by atoms with Crippen molar-refractivity contribution in [2.75, 3.05) is 18.0 Å². The van der Waals surface area contributed by atoms with Crippen molar-refractivity contribution >= 4 is 33.0 Å². The van der Waals surface area contributed by atoms with Gasteiger partial charge in [0.25, 0.3) is 0 Å². The van der Waals surface area contributed by atoms with Crippen molar-refractivity contribution in [1.29, 1.82) is 0 Å². The third-order valence-electron chi connectivity index (χ3n) is 5.04. The molecule has 4 rings (SSSR count). The number of fused-ring (bicyclic) bond motifs is 1. The SMILES string of the molecule is Cc1cc2nc(C(=O)Cc3cnccc3N3C[C@H](C)C[C@H](N)C3)ccc2s1. The van der Waals surface area contributed by atoms with Crippen molar-refractivity contribution in [2.24, 2.45) is 11.7 Å². The van der Waals surface area contributed by atoms with Gasteiger partial charge in [-0.25, -0.2) is 4.98 Å². The molecule has 1 aliphatic rings. The summed E-state index contributed by atoms with van der Waals surface area (Å²) < 4.78 is 1.11. The Labute approximate surface area is 163 Å². The van der Waals surface area contributed by atoms with Gasteiger partial charge in [-0.2, -0.15) is 0 Å². The van der Waals surface area contributed by atoms with E-state index < -0.39 is 0 Å². The molecule has 1 fully saturated rings. The van der Waals surface area contributed by atoms with Crippen molar-refractivity contribution in [3.8, 4) is 0 Å². The van der Waals surface area contributed by atoms with Crippen LogP contribution >= 0.6 is 11.3 Å². The highest BCUT2D eigenvalue weighted by molar-refractivity contribution is 7.18. The number of nitrogens with zero attached hydrogens (tertiary/aromatic N) is 3. The van der Waals surface area contributed by atoms with Gasteiger partial charge >= 0.3 is 0 Å². The molecule has 4 heterocycles. The predicted molar refractivity (Wildman–Crippen MR) is 111 cm³/mol. The first-order valence-corrected chi connectivity index (χ1v) is 10.1. The number of carbonyl (C=O) groups excluding carboxylic acids is 1. The average Bonchev–Trinajstić information content (AvgIpc) is 3.00. The van der Waals surface area contributed by atoms with Crippen molar-refractivity contribution in [1.82, 2.24) is 9.97 Å². The van der Waals surface area contributed by atoms with Crippen LogP contribution in [0, 0.1) is 12.8 Å². The number of rotatable bonds is 4. The number of pyridine rings is 2. The van der Waals surface area contributed by atoms with Crippen LogP contribution in [0.4, 0.5) is 5.69 Å². The Morgan fingerprint density at radius 2 is 2.19 bits per heavy atom. The molecule has 3 aromatic rings. The lowest BCUT2D eigenvalue weighted by Gasteiger charge is -2.37. The lowest BCUT2D eigenvalue weighted by Crippen LogP contribution is -2.46. The van der Waals surface area contributed by atoms with Gasteiger partial charge in [0.1, 0.15) is 5.69 Å². The molecule has 0 saturated carbocycles. The van der Waals surface area contributed by atoms with Crippen LogP contribution in [0.3, 0.4) is 0 Å². The summed E-state index contributed by atoms with van der Waals surface area (Å²) in [5.74, 6) is 0.556. The van der Waals surface area contributed by atoms with E-state index in [-0.39, 0.29) is 11.8 Å². The summed E-state index contributed by atoms with van der Waals surface area (Å²) in [7, 11) is 0. The van der Waals surface area contributed by atoms with Crippen LogP contribution < -0.4 is 10.6 Å². The maximum atomic E-state index is 12.9. The van der Waals surface area contributed by atoms with Crippen LogP contribution in [-0.2, 0) is 6.42 Å². The summed E-state index contributed by atoms with van der Waals surface area (Å²) in [6.45, 7) is 6.05. The van der Waals surface area contributed by atoms with Crippen LogP contribution in [0.2, 0.25) is 0 Å². The van der Waals surface area contributed by atoms with Gasteiger partial charge in [-0.05, 0) is 43.5 Å². The van der Waals surface area contributed by atoms with Crippen molar-refractivity contribution in [3.05, 3.63) is 52.8 Å². The Morgan fingerprint density at radius 3 is 3.00 bits per heavy atom. The molecule has 0 unspecified atom stereocenters. The molecular weight excluding hydrogens is 356 g/mol. The third-order valence-corrected chi connectivity index (χ3v) is 6.05. The van der Waals surface area contributed by atoms with E-state index in [1.165, 1.54) is 4.88 Å². The molecule has 5 nitrogen and oxygen atoms in total. The molecule has 0 radical (unpaired) electrons. The number of aromatic nitrogens is 2. The topological polar surface area (TPSA) is 72.1 Å². The molecule has 0 amide bonds. The van der Waals surface area contributed by atoms with Gasteiger partial charge in [-0.3, -0.25) is 9.78 Å². The summed E-state index contributed by atoms with van der Waals surface area (Å²) in [5, 5.41) is 0. The zero-order valence-electron chi connectivity index (χ0n) is 15.7. The maximum absolute atomic E-state index is 12.9. The van der Waals surface area contributed by atoms with Crippen LogP contribution in [0.25, 0.3) is 10.2 Å². The molecule has 6 heteroatoms. The minimum atomic E-state index is 0.0179. The number of anilines is 1. The molecule has 2 N–H and O–H groups in total. The van der Waals surface area contributed by atoms with Gasteiger partial charge in [-0.1, -0.05) is 6.92 Å². The van der Waals surface area contributed by atoms with E-state index in [1.807, 2.05) is 24.3 Å². The Balaban J connectivity index is 1.59. The first-order valence-electron chi connectivity index (χ1n) is 9.33. The number of piperidine rings is 1. The molecule has 0 bridgehead atoms. The average molecular weight is 381 g/mol. The summed E-state index contributed by atoms with van der Waals surface area (Å²) in [5.41, 5.74) is 9.62. The highest BCUT2D eigenvalue weighted by atomic mass is 32.1. The van der Waals surface area contributed by atoms with Crippen molar-refractivity contribution in [3.63, 3.8) is 0 Å². The quantitative estimate of drug-likeness (QED) is 0.700. The zero-order valence-corrected chi connectivity index (χ0v) is 16.5. The standard InChI is InChI=1S/C21H24N4OS/c1-13-7-16(22)12-25(11-13)19-5-6-23-10-15(19)9-20(26)17-3-4-21-18(24-17)8-14(2)27-21/h3-6,8,10,13,16H,7,9,11-12,22H2,1-2H3/t13-,16+/m1/s1. The number of aryl methyl sites for hydroxylation is 1. The van der Waals surface area contributed by atoms with Crippen LogP contribution in [0.15, 0.2) is 36.7 Å². The predicted octanol–water partition coefficient (Wildman–Crippen LogP) is 3.60. The van der Waals surface area contributed by atoms with Gasteiger partial charge in [0.2, 0.25) is 0 Å². The van der Waals surface area contributed by atoms with E-state index in [4.69, 9.17) is 5.73 Å². The summed E-state index contributed by atoms with van der Waals surface area (Å²) in [6.07, 6.45) is 4.92. The van der Waals surface area contributed by atoms with Gasteiger partial charge in [-0.15, -0.1) is 11.3 Å². The second kappa shape index (κ2) is 7.37. The molecule has 1 aliphatic heterocycles. The van der Waals surface area contributed by atoms with Gasteiger partial charge < -0.3 is 10.6 Å². The molecule has 3 aromatic heterocycles. The maximum Gasteiger partial charge on any atom is 0.185 e. The first kappa shape index (κ1) is 18.1. The molecule has 1 saturated heterocycles. The van der Waals surface area contributed by atoms with E-state index >= 15 is 0 Å².